The van der Waals surface area contributed by atoms with Crippen LogP contribution >= 0.6 is 0 Å². The molecule has 2 heteroatoms. The van der Waals surface area contributed by atoms with Crippen LogP contribution in [-0.2, 0) is 6.54 Å². The van der Waals surface area contributed by atoms with Crippen molar-refractivity contribution >= 4 is 0 Å². The molecule has 1 saturated heterocycles. The summed E-state index contributed by atoms with van der Waals surface area (Å²) in [5.74, 6) is 0.704. The molecule has 0 aromatic heterocycles. The molecule has 1 heterocycles. The standard InChI is InChI=1S/C13H20N2/c1-15-7-3-6-13(10-15)12-5-2-4-11(8-12)9-14/h2,4-5,8,13H,3,6-7,9-10,14H2,1H3. The van der Waals surface area contributed by atoms with Gasteiger partial charge in [-0.15, -0.1) is 0 Å². The van der Waals surface area contributed by atoms with Gasteiger partial charge in [0.2, 0.25) is 0 Å². The lowest BCUT2D eigenvalue weighted by atomic mass is 9.90. The zero-order chi connectivity index (χ0) is 10.7. The van der Waals surface area contributed by atoms with Crippen LogP contribution in [0.15, 0.2) is 24.3 Å². The fourth-order valence-electron chi connectivity index (χ4n) is 2.41. The van der Waals surface area contributed by atoms with E-state index < -0.39 is 0 Å². The highest BCUT2D eigenvalue weighted by atomic mass is 15.1. The van der Waals surface area contributed by atoms with E-state index in [4.69, 9.17) is 5.73 Å². The average Bonchev–Trinajstić information content (AvgIpc) is 2.29. The molecule has 0 bridgehead atoms. The molecule has 2 nitrogen and oxygen atoms in total. The third-order valence-electron chi connectivity index (χ3n) is 3.28. The van der Waals surface area contributed by atoms with Gasteiger partial charge in [-0.3, -0.25) is 0 Å². The normalized spacial score (nSPS) is 22.9. The van der Waals surface area contributed by atoms with Crippen LogP contribution in [-0.4, -0.2) is 25.0 Å². The van der Waals surface area contributed by atoms with Gasteiger partial charge < -0.3 is 10.6 Å². The molecule has 1 aliphatic rings. The number of benzene rings is 1. The van der Waals surface area contributed by atoms with Gasteiger partial charge in [0.15, 0.2) is 0 Å². The van der Waals surface area contributed by atoms with Crippen LogP contribution in [0.25, 0.3) is 0 Å². The number of nitrogens with zero attached hydrogens (tertiary/aromatic N) is 1. The summed E-state index contributed by atoms with van der Waals surface area (Å²) < 4.78 is 0. The molecule has 0 aliphatic carbocycles. The summed E-state index contributed by atoms with van der Waals surface area (Å²) in [5, 5.41) is 0. The summed E-state index contributed by atoms with van der Waals surface area (Å²) in [5.41, 5.74) is 8.38. The first-order valence-corrected chi connectivity index (χ1v) is 5.77. The molecule has 1 aliphatic heterocycles. The minimum absolute atomic E-state index is 0.649. The van der Waals surface area contributed by atoms with Crippen molar-refractivity contribution in [3.63, 3.8) is 0 Å². The molecule has 2 rings (SSSR count). The predicted octanol–water partition coefficient (Wildman–Crippen LogP) is 1.95. The highest BCUT2D eigenvalue weighted by Crippen LogP contribution is 2.26. The Morgan fingerprint density at radius 3 is 3.07 bits per heavy atom. The molecule has 1 unspecified atom stereocenters. The van der Waals surface area contributed by atoms with Gasteiger partial charge in [0.05, 0.1) is 0 Å². The van der Waals surface area contributed by atoms with E-state index in [2.05, 4.69) is 36.2 Å². The van der Waals surface area contributed by atoms with E-state index in [9.17, 15) is 0 Å². The zero-order valence-electron chi connectivity index (χ0n) is 9.45. The van der Waals surface area contributed by atoms with Crippen molar-refractivity contribution in [3.8, 4) is 0 Å². The number of piperidine rings is 1. The third-order valence-corrected chi connectivity index (χ3v) is 3.28. The molecule has 1 aromatic rings. The van der Waals surface area contributed by atoms with Gasteiger partial charge in [0.1, 0.15) is 0 Å². The van der Waals surface area contributed by atoms with E-state index >= 15 is 0 Å². The van der Waals surface area contributed by atoms with Crippen molar-refractivity contribution < 1.29 is 0 Å². The Bertz CT molecular complexity index is 322. The summed E-state index contributed by atoms with van der Waals surface area (Å²) in [7, 11) is 2.21. The molecule has 0 radical (unpaired) electrons. The largest absolute Gasteiger partial charge is 0.326 e. The molecule has 1 atom stereocenters. The number of nitrogens with two attached hydrogens (primary N) is 1. The Morgan fingerprint density at radius 2 is 2.33 bits per heavy atom. The number of likely N-dealkylation sites (tertiary alicyclic amines) is 1. The quantitative estimate of drug-likeness (QED) is 0.798. The van der Waals surface area contributed by atoms with Gasteiger partial charge in [0.25, 0.3) is 0 Å². The summed E-state index contributed by atoms with van der Waals surface area (Å²) in [4.78, 5) is 2.42. The van der Waals surface area contributed by atoms with Crippen LogP contribution in [0.2, 0.25) is 0 Å². The van der Waals surface area contributed by atoms with Crippen molar-refractivity contribution in [2.24, 2.45) is 5.73 Å². The monoisotopic (exact) mass is 204 g/mol. The Kier molecular flexibility index (Phi) is 3.39. The van der Waals surface area contributed by atoms with E-state index in [1.807, 2.05) is 0 Å². The van der Waals surface area contributed by atoms with E-state index in [1.165, 1.54) is 37.1 Å². The maximum Gasteiger partial charge on any atom is 0.0178 e. The van der Waals surface area contributed by atoms with Crippen molar-refractivity contribution in [1.82, 2.24) is 4.90 Å². The average molecular weight is 204 g/mol. The summed E-state index contributed by atoms with van der Waals surface area (Å²) in [6, 6.07) is 8.75. The first-order valence-electron chi connectivity index (χ1n) is 5.77. The topological polar surface area (TPSA) is 29.3 Å². The Morgan fingerprint density at radius 1 is 1.47 bits per heavy atom. The van der Waals surface area contributed by atoms with Crippen LogP contribution in [0.3, 0.4) is 0 Å². The van der Waals surface area contributed by atoms with Crippen molar-refractivity contribution in [3.05, 3.63) is 35.4 Å². The lowest BCUT2D eigenvalue weighted by Gasteiger charge is -2.30. The Hall–Kier alpha value is -0.860. The number of rotatable bonds is 2. The van der Waals surface area contributed by atoms with Gasteiger partial charge in [-0.25, -0.2) is 0 Å². The van der Waals surface area contributed by atoms with Gasteiger partial charge in [-0.05, 0) is 43.5 Å². The van der Waals surface area contributed by atoms with Crippen LogP contribution in [0.4, 0.5) is 0 Å². The summed E-state index contributed by atoms with van der Waals surface area (Å²) >= 11 is 0. The van der Waals surface area contributed by atoms with Crippen LogP contribution in [0, 0.1) is 0 Å². The van der Waals surface area contributed by atoms with Crippen LogP contribution in [0.5, 0.6) is 0 Å². The number of likely N-dealkylation sites (N-methyl/N-ethyl adjacent to an activating group) is 1. The number of hydrogen-bond donors (Lipinski definition) is 1. The molecule has 1 aromatic carbocycles. The zero-order valence-corrected chi connectivity index (χ0v) is 9.45. The second kappa shape index (κ2) is 4.77. The third kappa shape index (κ3) is 2.58. The molecule has 0 saturated carbocycles. The lowest BCUT2D eigenvalue weighted by molar-refractivity contribution is 0.251. The van der Waals surface area contributed by atoms with Gasteiger partial charge in [-0.2, -0.15) is 0 Å². The molecule has 2 N–H and O–H groups in total. The van der Waals surface area contributed by atoms with Crippen molar-refractivity contribution in [2.75, 3.05) is 20.1 Å². The molecular weight excluding hydrogens is 184 g/mol. The van der Waals surface area contributed by atoms with Crippen LogP contribution in [0.1, 0.15) is 29.9 Å². The second-order valence-corrected chi connectivity index (χ2v) is 4.55. The minimum Gasteiger partial charge on any atom is -0.326 e. The molecule has 0 amide bonds. The Labute approximate surface area is 92.1 Å². The molecule has 0 spiro atoms. The SMILES string of the molecule is CN1CCCC(c2cccc(CN)c2)C1. The van der Waals surface area contributed by atoms with Crippen molar-refractivity contribution in [1.29, 1.82) is 0 Å². The predicted molar refractivity (Wildman–Crippen MR) is 63.8 cm³/mol. The van der Waals surface area contributed by atoms with Gasteiger partial charge >= 0.3 is 0 Å². The maximum atomic E-state index is 5.67. The molecule has 1 fully saturated rings. The van der Waals surface area contributed by atoms with Gasteiger partial charge in [-0.1, -0.05) is 24.3 Å². The first-order chi connectivity index (χ1) is 7.29. The second-order valence-electron chi connectivity index (χ2n) is 4.55. The van der Waals surface area contributed by atoms with Crippen LogP contribution < -0.4 is 5.73 Å². The fourth-order valence-corrected chi connectivity index (χ4v) is 2.41. The van der Waals surface area contributed by atoms with Crippen molar-refractivity contribution in [2.45, 2.75) is 25.3 Å². The first kappa shape index (κ1) is 10.7. The number of hydrogen-bond acceptors (Lipinski definition) is 2. The van der Waals surface area contributed by atoms with E-state index in [-0.39, 0.29) is 0 Å². The highest BCUT2D eigenvalue weighted by Gasteiger charge is 2.18. The van der Waals surface area contributed by atoms with E-state index in [1.54, 1.807) is 0 Å². The molecular formula is C13H20N2. The molecule has 82 valence electrons. The minimum atomic E-state index is 0.649. The van der Waals surface area contributed by atoms with Gasteiger partial charge in [0, 0.05) is 13.1 Å². The fraction of sp³-hybridized carbons (Fsp3) is 0.538. The van der Waals surface area contributed by atoms with E-state index in [0.29, 0.717) is 12.5 Å². The summed E-state index contributed by atoms with van der Waals surface area (Å²) in [6.07, 6.45) is 2.63. The smallest absolute Gasteiger partial charge is 0.0178 e. The lowest BCUT2D eigenvalue weighted by Crippen LogP contribution is -2.30. The maximum absolute atomic E-state index is 5.67. The Balaban J connectivity index is 2.13. The van der Waals surface area contributed by atoms with E-state index in [0.717, 1.165) is 0 Å². The molecule has 15 heavy (non-hydrogen) atoms. The summed E-state index contributed by atoms with van der Waals surface area (Å²) in [6.45, 7) is 3.08. The highest BCUT2D eigenvalue weighted by molar-refractivity contribution is 5.27.